The first kappa shape index (κ1) is 23.9. The van der Waals surface area contributed by atoms with Gasteiger partial charge in [0, 0.05) is 19.4 Å². The molecule has 5 atom stereocenters. The molecule has 4 heterocycles. The van der Waals surface area contributed by atoms with Crippen LogP contribution in [-0.4, -0.2) is 94.3 Å². The quantitative estimate of drug-likeness (QED) is 0.169. The lowest BCUT2D eigenvalue weighted by Crippen LogP contribution is -2.78. The standard InChI is InChI=1S/C21H24F2N8O5/c22-9-1-2-11(23)10(5-9)18(35)26-13-7-31-20(25)27-12(6-30-14(33)3-4-15(30)34)16-21(31,17(13)36-8-32)29-19(24)28-16/h1-2,5,12-13,16-17,32H,3-4,6-8H2,(H2,25,27)(H,26,35)(H3,24,28,29)/t12-,13?,16?,17+,21?/m0/s1. The molecule has 4 aliphatic rings. The van der Waals surface area contributed by atoms with E-state index in [4.69, 9.17) is 15.6 Å². The topological polar surface area (TPSA) is 183 Å². The number of hydrogen-bond donors (Lipinski definition) is 7. The van der Waals surface area contributed by atoms with Gasteiger partial charge in [0.25, 0.3) is 5.91 Å². The van der Waals surface area contributed by atoms with Crippen molar-refractivity contribution in [1.82, 2.24) is 31.1 Å². The second kappa shape index (κ2) is 8.67. The van der Waals surface area contributed by atoms with Crippen LogP contribution in [0.4, 0.5) is 8.78 Å². The average molecular weight is 506 g/mol. The zero-order valence-corrected chi connectivity index (χ0v) is 18.8. The number of carbonyl (C=O) groups is 3. The highest BCUT2D eigenvalue weighted by Crippen LogP contribution is 2.39. The zero-order valence-electron chi connectivity index (χ0n) is 18.8. The van der Waals surface area contributed by atoms with Crippen LogP contribution in [0.15, 0.2) is 18.2 Å². The van der Waals surface area contributed by atoms with Gasteiger partial charge in [0.2, 0.25) is 11.8 Å². The van der Waals surface area contributed by atoms with Gasteiger partial charge >= 0.3 is 0 Å². The highest BCUT2D eigenvalue weighted by Gasteiger charge is 2.67. The van der Waals surface area contributed by atoms with Crippen LogP contribution in [0, 0.1) is 22.5 Å². The van der Waals surface area contributed by atoms with Gasteiger partial charge in [0.15, 0.2) is 17.6 Å². The summed E-state index contributed by atoms with van der Waals surface area (Å²) in [7, 11) is 0. The zero-order chi connectivity index (χ0) is 25.8. The molecule has 4 fully saturated rings. The number of ether oxygens (including phenoxy) is 1. The maximum Gasteiger partial charge on any atom is 0.254 e. The fourth-order valence-corrected chi connectivity index (χ4v) is 5.52. The van der Waals surface area contributed by atoms with E-state index in [1.165, 1.54) is 4.90 Å². The first-order valence-electron chi connectivity index (χ1n) is 11.2. The number of halogens is 2. The highest BCUT2D eigenvalue weighted by atomic mass is 19.1. The molecule has 0 aliphatic carbocycles. The Morgan fingerprint density at radius 1 is 1.22 bits per heavy atom. The summed E-state index contributed by atoms with van der Waals surface area (Å²) in [6, 6.07) is 0.0371. The van der Waals surface area contributed by atoms with Crippen LogP contribution in [0.1, 0.15) is 23.2 Å². The van der Waals surface area contributed by atoms with Crippen LogP contribution in [0.25, 0.3) is 0 Å². The lowest BCUT2D eigenvalue weighted by atomic mass is 9.86. The average Bonchev–Trinajstić information content (AvgIpc) is 3.45. The number of nitrogens with zero attached hydrogens (tertiary/aromatic N) is 2. The Bertz CT molecular complexity index is 1150. The molecule has 0 saturated carbocycles. The molecule has 0 aromatic heterocycles. The number of benzene rings is 1. The summed E-state index contributed by atoms with van der Waals surface area (Å²) in [6.07, 6.45) is -0.903. The molecule has 1 spiro atoms. The molecule has 3 amide bonds. The number of aliphatic hydroxyl groups is 1. The smallest absolute Gasteiger partial charge is 0.254 e. The Morgan fingerprint density at radius 2 is 1.94 bits per heavy atom. The van der Waals surface area contributed by atoms with E-state index >= 15 is 0 Å². The summed E-state index contributed by atoms with van der Waals surface area (Å²) in [6.45, 7) is -0.914. The number of amides is 3. The molecule has 5 rings (SSSR count). The Labute approximate surface area is 203 Å². The van der Waals surface area contributed by atoms with Crippen LogP contribution >= 0.6 is 0 Å². The summed E-state index contributed by atoms with van der Waals surface area (Å²) in [5, 5.41) is 37.9. The van der Waals surface area contributed by atoms with Crippen LogP contribution in [0.2, 0.25) is 0 Å². The van der Waals surface area contributed by atoms with Crippen molar-refractivity contribution in [3.63, 3.8) is 0 Å². The molecule has 0 bridgehead atoms. The van der Waals surface area contributed by atoms with Crippen molar-refractivity contribution in [2.24, 2.45) is 0 Å². The van der Waals surface area contributed by atoms with Gasteiger partial charge in [-0.1, -0.05) is 0 Å². The number of hydrogen-bond acceptors (Lipinski definition) is 7. The van der Waals surface area contributed by atoms with Crippen molar-refractivity contribution in [3.05, 3.63) is 35.4 Å². The van der Waals surface area contributed by atoms with E-state index in [0.717, 1.165) is 23.1 Å². The molecule has 0 radical (unpaired) electrons. The third-order valence-corrected chi connectivity index (χ3v) is 7.00. The SMILES string of the molecule is N=C1NC2[C@H](CN3C(=O)CCC3=O)NC(=N)N3CC(NC(=O)c4cc(F)ccc4F)[C@@H](OCO)C23N1. The maximum absolute atomic E-state index is 14.2. The highest BCUT2D eigenvalue weighted by molar-refractivity contribution is 6.02. The predicted molar refractivity (Wildman–Crippen MR) is 117 cm³/mol. The summed E-state index contributed by atoms with van der Waals surface area (Å²) in [4.78, 5) is 39.9. The second-order valence-electron chi connectivity index (χ2n) is 8.98. The first-order chi connectivity index (χ1) is 17.1. The summed E-state index contributed by atoms with van der Waals surface area (Å²) < 4.78 is 33.5. The first-order valence-corrected chi connectivity index (χ1v) is 11.2. The number of aliphatic hydroxyl groups excluding tert-OH is 1. The molecular formula is C21H24F2N8O5. The van der Waals surface area contributed by atoms with Crippen molar-refractivity contribution >= 4 is 29.6 Å². The molecule has 7 N–H and O–H groups in total. The van der Waals surface area contributed by atoms with E-state index in [2.05, 4.69) is 21.3 Å². The number of imide groups is 1. The Balaban J connectivity index is 1.47. The van der Waals surface area contributed by atoms with Gasteiger partial charge in [-0.05, 0) is 18.2 Å². The molecule has 4 aliphatic heterocycles. The lowest BCUT2D eigenvalue weighted by molar-refractivity contribution is -0.139. The van der Waals surface area contributed by atoms with E-state index in [9.17, 15) is 28.3 Å². The predicted octanol–water partition coefficient (Wildman–Crippen LogP) is -2.04. The van der Waals surface area contributed by atoms with Crippen LogP contribution in [-0.2, 0) is 14.3 Å². The van der Waals surface area contributed by atoms with E-state index in [0.29, 0.717) is 0 Å². The van der Waals surface area contributed by atoms with E-state index in [1.54, 1.807) is 0 Å². The molecular weight excluding hydrogens is 482 g/mol. The van der Waals surface area contributed by atoms with Crippen LogP contribution < -0.4 is 21.3 Å². The minimum atomic E-state index is -1.39. The molecule has 15 heteroatoms. The minimum absolute atomic E-state index is 0.0497. The number of likely N-dealkylation sites (tertiary alicyclic amines) is 1. The molecule has 3 unspecified atom stereocenters. The van der Waals surface area contributed by atoms with Gasteiger partial charge in [-0.3, -0.25) is 30.1 Å². The summed E-state index contributed by atoms with van der Waals surface area (Å²) in [5.41, 5.74) is -1.92. The Morgan fingerprint density at radius 3 is 2.64 bits per heavy atom. The number of carbonyl (C=O) groups excluding carboxylic acids is 3. The molecule has 13 nitrogen and oxygen atoms in total. The maximum atomic E-state index is 14.2. The summed E-state index contributed by atoms with van der Waals surface area (Å²) in [5.74, 6) is -3.63. The summed E-state index contributed by atoms with van der Waals surface area (Å²) >= 11 is 0. The third-order valence-electron chi connectivity index (χ3n) is 7.00. The van der Waals surface area contributed by atoms with Gasteiger partial charge in [-0.15, -0.1) is 0 Å². The van der Waals surface area contributed by atoms with Gasteiger partial charge in [0.1, 0.15) is 24.5 Å². The van der Waals surface area contributed by atoms with Crippen LogP contribution in [0.5, 0.6) is 0 Å². The van der Waals surface area contributed by atoms with E-state index < -0.39 is 59.8 Å². The largest absolute Gasteiger partial charge is 0.371 e. The van der Waals surface area contributed by atoms with Crippen LogP contribution in [0.3, 0.4) is 0 Å². The van der Waals surface area contributed by atoms with Crippen molar-refractivity contribution in [2.45, 2.75) is 42.7 Å². The normalized spacial score (nSPS) is 31.1. The number of guanidine groups is 2. The fraction of sp³-hybridized carbons (Fsp3) is 0.476. The molecule has 192 valence electrons. The van der Waals surface area contributed by atoms with Gasteiger partial charge < -0.3 is 36.0 Å². The van der Waals surface area contributed by atoms with Gasteiger partial charge in [-0.25, -0.2) is 8.78 Å². The van der Waals surface area contributed by atoms with Crippen molar-refractivity contribution in [3.8, 4) is 0 Å². The van der Waals surface area contributed by atoms with Crippen molar-refractivity contribution in [1.29, 1.82) is 10.8 Å². The van der Waals surface area contributed by atoms with Gasteiger partial charge in [0.05, 0.1) is 30.2 Å². The lowest BCUT2D eigenvalue weighted by Gasteiger charge is -2.50. The number of rotatable bonds is 6. The van der Waals surface area contributed by atoms with E-state index in [-0.39, 0.29) is 49.7 Å². The molecule has 1 aromatic carbocycles. The second-order valence-corrected chi connectivity index (χ2v) is 8.98. The number of nitrogens with one attached hydrogen (secondary N) is 6. The molecule has 36 heavy (non-hydrogen) atoms. The third kappa shape index (κ3) is 3.62. The van der Waals surface area contributed by atoms with Crippen molar-refractivity contribution in [2.75, 3.05) is 19.9 Å². The van der Waals surface area contributed by atoms with Gasteiger partial charge in [-0.2, -0.15) is 0 Å². The fourth-order valence-electron chi connectivity index (χ4n) is 5.52. The van der Waals surface area contributed by atoms with E-state index in [1.807, 2.05) is 0 Å². The van der Waals surface area contributed by atoms with Crippen molar-refractivity contribution < 1.29 is 33.0 Å². The molecule has 1 aromatic rings. The minimum Gasteiger partial charge on any atom is -0.371 e. The Hall–Kier alpha value is -3.85. The monoisotopic (exact) mass is 506 g/mol. The molecule has 4 saturated heterocycles. The Kier molecular flexibility index (Phi) is 5.75.